The molecule has 0 spiro atoms. The Hall–Kier alpha value is -2.48. The lowest BCUT2D eigenvalue weighted by molar-refractivity contribution is -0.119. The molecule has 0 aliphatic carbocycles. The summed E-state index contributed by atoms with van der Waals surface area (Å²) in [5.41, 5.74) is 2.71. The first-order chi connectivity index (χ1) is 12.4. The summed E-state index contributed by atoms with van der Waals surface area (Å²) in [5.74, 6) is -0.0649. The zero-order valence-corrected chi connectivity index (χ0v) is 15.9. The lowest BCUT2D eigenvalue weighted by Crippen LogP contribution is -2.38. The first kappa shape index (κ1) is 18.3. The molecule has 1 saturated heterocycles. The van der Waals surface area contributed by atoms with Crippen LogP contribution in [0.3, 0.4) is 0 Å². The first-order valence-corrected chi connectivity index (χ1v) is 9.37. The average Bonchev–Trinajstić information content (AvgIpc) is 3.17. The number of carbonyl (C=O) groups excluding carboxylic acids is 2. The van der Waals surface area contributed by atoms with Crippen molar-refractivity contribution < 1.29 is 9.59 Å². The lowest BCUT2D eigenvalue weighted by Gasteiger charge is -2.19. The summed E-state index contributed by atoms with van der Waals surface area (Å²) in [6.45, 7) is 6.60. The van der Waals surface area contributed by atoms with E-state index in [9.17, 15) is 9.59 Å². The molecule has 0 saturated carbocycles. The number of aromatic amines is 1. The number of carbonyl (C=O) groups is 2. The van der Waals surface area contributed by atoms with Crippen molar-refractivity contribution in [1.29, 1.82) is 0 Å². The van der Waals surface area contributed by atoms with E-state index >= 15 is 0 Å². The van der Waals surface area contributed by atoms with Gasteiger partial charge in [0.25, 0.3) is 0 Å². The second-order valence-electron chi connectivity index (χ2n) is 6.42. The quantitative estimate of drug-likeness (QED) is 0.769. The zero-order chi connectivity index (χ0) is 18.7. The van der Waals surface area contributed by atoms with E-state index in [0.29, 0.717) is 13.1 Å². The van der Waals surface area contributed by atoms with Gasteiger partial charge in [0, 0.05) is 36.6 Å². The molecule has 1 aliphatic rings. The molecule has 0 unspecified atom stereocenters. The van der Waals surface area contributed by atoms with E-state index in [0.717, 1.165) is 33.3 Å². The largest absolute Gasteiger partial charge is 0.352 e. The van der Waals surface area contributed by atoms with Crippen molar-refractivity contribution in [3.63, 3.8) is 0 Å². The summed E-state index contributed by atoms with van der Waals surface area (Å²) < 4.78 is 0. The van der Waals surface area contributed by atoms with Crippen LogP contribution in [-0.4, -0.2) is 46.2 Å². The SMILES string of the molecule is CC(=O)N[C@@H]1CCN(C(=O)Nc2ccccc2Sc2c(C)n[nH]c2C)C1. The normalized spacial score (nSPS) is 16.6. The van der Waals surface area contributed by atoms with E-state index in [1.54, 1.807) is 16.7 Å². The van der Waals surface area contributed by atoms with Crippen molar-refractivity contribution in [3.8, 4) is 0 Å². The maximum Gasteiger partial charge on any atom is 0.321 e. The molecule has 1 aromatic carbocycles. The molecule has 3 amide bonds. The highest BCUT2D eigenvalue weighted by Crippen LogP contribution is 2.36. The van der Waals surface area contributed by atoms with Crippen molar-refractivity contribution in [3.05, 3.63) is 35.7 Å². The van der Waals surface area contributed by atoms with E-state index in [2.05, 4.69) is 20.8 Å². The monoisotopic (exact) mass is 373 g/mol. The van der Waals surface area contributed by atoms with Crippen LogP contribution in [0.25, 0.3) is 0 Å². The number of hydrogen-bond donors (Lipinski definition) is 3. The van der Waals surface area contributed by atoms with E-state index in [1.165, 1.54) is 6.92 Å². The molecule has 1 atom stereocenters. The maximum atomic E-state index is 12.6. The van der Waals surface area contributed by atoms with E-state index < -0.39 is 0 Å². The molecular weight excluding hydrogens is 350 g/mol. The summed E-state index contributed by atoms with van der Waals surface area (Å²) in [7, 11) is 0. The molecule has 138 valence electrons. The van der Waals surface area contributed by atoms with Gasteiger partial charge in [-0.1, -0.05) is 23.9 Å². The maximum absolute atomic E-state index is 12.6. The second kappa shape index (κ2) is 7.82. The third-order valence-electron chi connectivity index (χ3n) is 4.28. The number of benzene rings is 1. The summed E-state index contributed by atoms with van der Waals surface area (Å²) in [4.78, 5) is 27.6. The number of aryl methyl sites for hydroxylation is 2. The van der Waals surface area contributed by atoms with Crippen LogP contribution >= 0.6 is 11.8 Å². The van der Waals surface area contributed by atoms with Gasteiger partial charge in [-0.25, -0.2) is 4.79 Å². The van der Waals surface area contributed by atoms with Crippen molar-refractivity contribution in [1.82, 2.24) is 20.4 Å². The van der Waals surface area contributed by atoms with Gasteiger partial charge in [0.2, 0.25) is 5.91 Å². The van der Waals surface area contributed by atoms with Crippen LogP contribution in [0.15, 0.2) is 34.1 Å². The second-order valence-corrected chi connectivity index (χ2v) is 7.48. The van der Waals surface area contributed by atoms with Crippen LogP contribution in [0, 0.1) is 13.8 Å². The first-order valence-electron chi connectivity index (χ1n) is 8.55. The molecule has 0 bridgehead atoms. The molecule has 3 N–H and O–H groups in total. The fourth-order valence-corrected chi connectivity index (χ4v) is 3.99. The van der Waals surface area contributed by atoms with Crippen molar-refractivity contribution >= 4 is 29.4 Å². The Morgan fingerprint density at radius 2 is 2.08 bits per heavy atom. The number of para-hydroxylation sites is 1. The molecule has 26 heavy (non-hydrogen) atoms. The van der Waals surface area contributed by atoms with Crippen molar-refractivity contribution in [2.45, 2.75) is 43.0 Å². The Kier molecular flexibility index (Phi) is 5.51. The van der Waals surface area contributed by atoms with Crippen LogP contribution in [0.5, 0.6) is 0 Å². The predicted molar refractivity (Wildman–Crippen MR) is 101 cm³/mol. The smallest absolute Gasteiger partial charge is 0.321 e. The van der Waals surface area contributed by atoms with Gasteiger partial charge < -0.3 is 15.5 Å². The highest BCUT2D eigenvalue weighted by Gasteiger charge is 2.27. The minimum absolute atomic E-state index is 0.0269. The van der Waals surface area contributed by atoms with Gasteiger partial charge in [-0.3, -0.25) is 9.89 Å². The summed E-state index contributed by atoms with van der Waals surface area (Å²) in [5, 5.41) is 13.1. The number of rotatable bonds is 4. The number of hydrogen-bond acceptors (Lipinski definition) is 4. The number of H-pyrrole nitrogens is 1. The topological polar surface area (TPSA) is 90.1 Å². The molecule has 2 heterocycles. The van der Waals surface area contributed by atoms with Gasteiger partial charge >= 0.3 is 6.03 Å². The molecule has 2 aromatic rings. The molecule has 8 heteroatoms. The zero-order valence-electron chi connectivity index (χ0n) is 15.1. The minimum atomic E-state index is -0.147. The van der Waals surface area contributed by atoms with Gasteiger partial charge in [-0.05, 0) is 32.4 Å². The number of nitrogens with zero attached hydrogens (tertiary/aromatic N) is 2. The molecule has 7 nitrogen and oxygen atoms in total. The van der Waals surface area contributed by atoms with Crippen LogP contribution in [0.2, 0.25) is 0 Å². The van der Waals surface area contributed by atoms with Crippen molar-refractivity contribution in [2.75, 3.05) is 18.4 Å². The summed E-state index contributed by atoms with van der Waals surface area (Å²) in [6, 6.07) is 7.61. The van der Waals surface area contributed by atoms with Crippen LogP contribution in [0.1, 0.15) is 24.7 Å². The molecule has 1 aromatic heterocycles. The van der Waals surface area contributed by atoms with Gasteiger partial charge in [-0.15, -0.1) is 0 Å². The number of likely N-dealkylation sites (tertiary alicyclic amines) is 1. The Bertz CT molecular complexity index is 800. The van der Waals surface area contributed by atoms with Crippen LogP contribution < -0.4 is 10.6 Å². The average molecular weight is 373 g/mol. The standard InChI is InChI=1S/C18H23N5O2S/c1-11-17(12(2)22-21-11)26-16-7-5-4-6-15(16)20-18(25)23-9-8-14(10-23)19-13(3)24/h4-7,14H,8-10H2,1-3H3,(H,19,24)(H,20,25)(H,21,22)/t14-/m1/s1. The van der Waals surface area contributed by atoms with Gasteiger partial charge in [0.05, 0.1) is 16.3 Å². The predicted octanol–water partition coefficient (Wildman–Crippen LogP) is 2.92. The highest BCUT2D eigenvalue weighted by molar-refractivity contribution is 7.99. The molecule has 1 fully saturated rings. The van der Waals surface area contributed by atoms with Gasteiger partial charge in [-0.2, -0.15) is 5.10 Å². The third kappa shape index (κ3) is 4.19. The number of amides is 3. The lowest BCUT2D eigenvalue weighted by atomic mass is 10.3. The summed E-state index contributed by atoms with van der Waals surface area (Å²) >= 11 is 1.58. The molecule has 1 aliphatic heterocycles. The number of urea groups is 1. The minimum Gasteiger partial charge on any atom is -0.352 e. The molecule has 3 rings (SSSR count). The van der Waals surface area contributed by atoms with Gasteiger partial charge in [0.15, 0.2) is 0 Å². The fraction of sp³-hybridized carbons (Fsp3) is 0.389. The van der Waals surface area contributed by atoms with Crippen LogP contribution in [0.4, 0.5) is 10.5 Å². The Morgan fingerprint density at radius 1 is 1.31 bits per heavy atom. The Morgan fingerprint density at radius 3 is 2.77 bits per heavy atom. The fourth-order valence-electron chi connectivity index (χ4n) is 3.00. The van der Waals surface area contributed by atoms with E-state index in [1.807, 2.05) is 38.1 Å². The third-order valence-corrected chi connectivity index (χ3v) is 5.67. The van der Waals surface area contributed by atoms with Crippen LogP contribution in [-0.2, 0) is 4.79 Å². The Labute approximate surface area is 156 Å². The number of anilines is 1. The number of nitrogens with one attached hydrogen (secondary N) is 3. The highest BCUT2D eigenvalue weighted by atomic mass is 32.2. The Balaban J connectivity index is 1.69. The summed E-state index contributed by atoms with van der Waals surface area (Å²) in [6.07, 6.45) is 0.775. The molecule has 0 radical (unpaired) electrons. The van der Waals surface area contributed by atoms with Gasteiger partial charge in [0.1, 0.15) is 0 Å². The van der Waals surface area contributed by atoms with E-state index in [-0.39, 0.29) is 18.0 Å². The molecular formula is C18H23N5O2S. The van der Waals surface area contributed by atoms with E-state index in [4.69, 9.17) is 0 Å². The van der Waals surface area contributed by atoms with Crippen molar-refractivity contribution in [2.24, 2.45) is 0 Å². The number of aromatic nitrogens is 2.